The molecule has 0 saturated carbocycles. The highest BCUT2D eigenvalue weighted by Crippen LogP contribution is 2.03. The van der Waals surface area contributed by atoms with Crippen LogP contribution in [0.1, 0.15) is 40.0 Å². The van der Waals surface area contributed by atoms with Crippen LogP contribution in [0.15, 0.2) is 23.5 Å². The fourth-order valence-corrected chi connectivity index (χ4v) is 0.703. The molecule has 0 spiro atoms. The minimum absolute atomic E-state index is 0.415. The Morgan fingerprint density at radius 3 is 2.45 bits per heavy atom. The summed E-state index contributed by atoms with van der Waals surface area (Å²) < 4.78 is 0. The van der Waals surface area contributed by atoms with Crippen LogP contribution >= 0.6 is 0 Å². The van der Waals surface area contributed by atoms with Gasteiger partial charge in [0.2, 0.25) is 0 Å². The molecular formula is C10H18O. The number of rotatable bonds is 4. The van der Waals surface area contributed by atoms with Gasteiger partial charge in [0.15, 0.2) is 0 Å². The van der Waals surface area contributed by atoms with Crippen molar-refractivity contribution < 1.29 is 5.11 Å². The summed E-state index contributed by atoms with van der Waals surface area (Å²) in [6.07, 6.45) is 7.66. The zero-order valence-corrected chi connectivity index (χ0v) is 7.72. The highest BCUT2D eigenvalue weighted by molar-refractivity contribution is 5.17. The second-order valence-corrected chi connectivity index (χ2v) is 2.81. The Labute approximate surface area is 69.4 Å². The molecule has 0 unspecified atom stereocenters. The number of aliphatic hydroxyl groups excluding tert-OH is 1. The van der Waals surface area contributed by atoms with E-state index in [-0.39, 0.29) is 0 Å². The van der Waals surface area contributed by atoms with Crippen LogP contribution in [0.3, 0.4) is 0 Å². The normalized spacial score (nSPS) is 13.7. The van der Waals surface area contributed by atoms with Crippen LogP contribution in [0, 0.1) is 0 Å². The summed E-state index contributed by atoms with van der Waals surface area (Å²) >= 11 is 0. The third-order valence-electron chi connectivity index (χ3n) is 1.66. The lowest BCUT2D eigenvalue weighted by molar-refractivity contribution is 0.409. The fourth-order valence-electron chi connectivity index (χ4n) is 0.703. The number of hydrogen-bond donors (Lipinski definition) is 1. The second kappa shape index (κ2) is 6.02. The molecule has 0 amide bonds. The first kappa shape index (κ1) is 10.3. The van der Waals surface area contributed by atoms with Crippen molar-refractivity contribution >= 4 is 0 Å². The number of allylic oxidation sites excluding steroid dienone is 4. The minimum atomic E-state index is 0.415. The van der Waals surface area contributed by atoms with Gasteiger partial charge < -0.3 is 5.11 Å². The smallest absolute Gasteiger partial charge is 0.0920 e. The van der Waals surface area contributed by atoms with Crippen LogP contribution in [0.25, 0.3) is 0 Å². The molecule has 0 radical (unpaired) electrons. The van der Waals surface area contributed by atoms with E-state index in [2.05, 4.69) is 13.0 Å². The molecule has 0 fully saturated rings. The van der Waals surface area contributed by atoms with Crippen molar-refractivity contribution in [3.63, 3.8) is 0 Å². The molecule has 1 heteroatoms. The molecule has 0 heterocycles. The van der Waals surface area contributed by atoms with Crippen molar-refractivity contribution in [2.45, 2.75) is 40.0 Å². The minimum Gasteiger partial charge on any atom is -0.512 e. The molecule has 0 aliphatic heterocycles. The maximum Gasteiger partial charge on any atom is 0.0920 e. The largest absolute Gasteiger partial charge is 0.512 e. The zero-order valence-electron chi connectivity index (χ0n) is 7.72. The standard InChI is InChI=1S/C10H18O/c1-4-5-6-7-8-9(2)10(3)11/h7-8,11H,4-6H2,1-3H3/b8-7+,10-9+. The Balaban J connectivity index is 3.66. The van der Waals surface area contributed by atoms with Gasteiger partial charge in [-0.25, -0.2) is 0 Å². The molecule has 0 aromatic carbocycles. The predicted molar refractivity (Wildman–Crippen MR) is 49.7 cm³/mol. The molecule has 64 valence electrons. The van der Waals surface area contributed by atoms with Gasteiger partial charge in [-0.2, -0.15) is 0 Å². The van der Waals surface area contributed by atoms with Gasteiger partial charge in [0.1, 0.15) is 0 Å². The Hall–Kier alpha value is -0.720. The number of hydrogen-bond acceptors (Lipinski definition) is 1. The molecule has 0 aliphatic rings. The molecule has 0 aromatic rings. The van der Waals surface area contributed by atoms with E-state index < -0.39 is 0 Å². The second-order valence-electron chi connectivity index (χ2n) is 2.81. The summed E-state index contributed by atoms with van der Waals surface area (Å²) in [5.74, 6) is 0.415. The van der Waals surface area contributed by atoms with E-state index in [1.54, 1.807) is 6.92 Å². The fraction of sp³-hybridized carbons (Fsp3) is 0.600. The third kappa shape index (κ3) is 5.71. The lowest BCUT2D eigenvalue weighted by Crippen LogP contribution is -1.77. The van der Waals surface area contributed by atoms with Crippen LogP contribution in [0.4, 0.5) is 0 Å². The number of aliphatic hydroxyl groups is 1. The Kier molecular flexibility index (Phi) is 5.63. The molecule has 0 rings (SSSR count). The summed E-state index contributed by atoms with van der Waals surface area (Å²) in [6, 6.07) is 0. The van der Waals surface area contributed by atoms with Gasteiger partial charge in [-0.3, -0.25) is 0 Å². The van der Waals surface area contributed by atoms with E-state index in [0.717, 1.165) is 12.0 Å². The van der Waals surface area contributed by atoms with E-state index in [0.29, 0.717) is 5.76 Å². The van der Waals surface area contributed by atoms with Gasteiger partial charge in [0, 0.05) is 0 Å². The topological polar surface area (TPSA) is 20.2 Å². The first-order chi connectivity index (χ1) is 5.18. The molecule has 0 saturated heterocycles. The highest BCUT2D eigenvalue weighted by Gasteiger charge is 1.86. The first-order valence-corrected chi connectivity index (χ1v) is 4.21. The molecular weight excluding hydrogens is 136 g/mol. The van der Waals surface area contributed by atoms with Gasteiger partial charge >= 0.3 is 0 Å². The van der Waals surface area contributed by atoms with E-state index in [1.807, 2.05) is 13.0 Å². The lowest BCUT2D eigenvalue weighted by atomic mass is 10.2. The average molecular weight is 154 g/mol. The van der Waals surface area contributed by atoms with E-state index in [9.17, 15) is 0 Å². The Morgan fingerprint density at radius 1 is 1.36 bits per heavy atom. The van der Waals surface area contributed by atoms with Crippen LogP contribution < -0.4 is 0 Å². The summed E-state index contributed by atoms with van der Waals surface area (Å²) in [7, 11) is 0. The summed E-state index contributed by atoms with van der Waals surface area (Å²) in [5, 5.41) is 9.01. The maximum atomic E-state index is 9.01. The molecule has 1 N–H and O–H groups in total. The van der Waals surface area contributed by atoms with Gasteiger partial charge in [0.25, 0.3) is 0 Å². The van der Waals surface area contributed by atoms with Crippen molar-refractivity contribution in [1.82, 2.24) is 0 Å². The number of unbranched alkanes of at least 4 members (excludes halogenated alkanes) is 2. The molecule has 11 heavy (non-hydrogen) atoms. The van der Waals surface area contributed by atoms with E-state index in [1.165, 1.54) is 12.8 Å². The van der Waals surface area contributed by atoms with Crippen molar-refractivity contribution in [3.8, 4) is 0 Å². The van der Waals surface area contributed by atoms with Crippen molar-refractivity contribution in [3.05, 3.63) is 23.5 Å². The molecule has 0 aliphatic carbocycles. The Morgan fingerprint density at radius 2 is 2.00 bits per heavy atom. The molecule has 0 aromatic heterocycles. The monoisotopic (exact) mass is 154 g/mol. The Bertz CT molecular complexity index is 150. The first-order valence-electron chi connectivity index (χ1n) is 4.21. The average Bonchev–Trinajstić information content (AvgIpc) is 1.97. The summed E-state index contributed by atoms with van der Waals surface area (Å²) in [5.41, 5.74) is 0.959. The van der Waals surface area contributed by atoms with E-state index >= 15 is 0 Å². The lowest BCUT2D eigenvalue weighted by Gasteiger charge is -1.93. The van der Waals surface area contributed by atoms with Crippen LogP contribution in [-0.2, 0) is 0 Å². The van der Waals surface area contributed by atoms with E-state index in [4.69, 9.17) is 5.11 Å². The van der Waals surface area contributed by atoms with Crippen LogP contribution in [0.2, 0.25) is 0 Å². The summed E-state index contributed by atoms with van der Waals surface area (Å²) in [6.45, 7) is 5.80. The van der Waals surface area contributed by atoms with Gasteiger partial charge in [-0.15, -0.1) is 0 Å². The molecule has 0 bridgehead atoms. The van der Waals surface area contributed by atoms with Gasteiger partial charge in [0.05, 0.1) is 5.76 Å². The summed E-state index contributed by atoms with van der Waals surface area (Å²) in [4.78, 5) is 0. The third-order valence-corrected chi connectivity index (χ3v) is 1.66. The quantitative estimate of drug-likeness (QED) is 0.373. The predicted octanol–water partition coefficient (Wildman–Crippen LogP) is 3.58. The SMILES string of the molecule is CCCC/C=C/C(C)=C(\C)O. The molecule has 1 nitrogen and oxygen atoms in total. The van der Waals surface area contributed by atoms with Crippen molar-refractivity contribution in [2.24, 2.45) is 0 Å². The van der Waals surface area contributed by atoms with Crippen LogP contribution in [-0.4, -0.2) is 5.11 Å². The van der Waals surface area contributed by atoms with Crippen LogP contribution in [0.5, 0.6) is 0 Å². The van der Waals surface area contributed by atoms with Crippen molar-refractivity contribution in [2.75, 3.05) is 0 Å². The van der Waals surface area contributed by atoms with Crippen molar-refractivity contribution in [1.29, 1.82) is 0 Å². The zero-order chi connectivity index (χ0) is 8.69. The van der Waals surface area contributed by atoms with Gasteiger partial charge in [-0.1, -0.05) is 31.9 Å². The maximum absolute atomic E-state index is 9.01. The highest BCUT2D eigenvalue weighted by atomic mass is 16.3. The van der Waals surface area contributed by atoms with Gasteiger partial charge in [-0.05, 0) is 25.8 Å². The molecule has 0 atom stereocenters.